The zero-order valence-electron chi connectivity index (χ0n) is 15.6. The van der Waals surface area contributed by atoms with Crippen LogP contribution in [0.25, 0.3) is 16.9 Å². The van der Waals surface area contributed by atoms with Crippen LogP contribution in [0.4, 0.5) is 0 Å². The van der Waals surface area contributed by atoms with Gasteiger partial charge in [-0.2, -0.15) is 10.3 Å². The molecule has 0 radical (unpaired) electrons. The Morgan fingerprint density at radius 1 is 1.00 bits per heavy atom. The molecule has 2 aromatic heterocycles. The Morgan fingerprint density at radius 2 is 1.63 bits per heavy atom. The second-order valence-electron chi connectivity index (χ2n) is 5.52. The first-order valence-electron chi connectivity index (χ1n) is 8.84. The second kappa shape index (κ2) is 8.39. The van der Waals surface area contributed by atoms with Crippen molar-refractivity contribution < 1.29 is 19.0 Å². The number of nitrogens with one attached hydrogen (secondary N) is 1. The molecule has 0 aliphatic heterocycles. The lowest BCUT2D eigenvalue weighted by atomic mass is 10.1. The van der Waals surface area contributed by atoms with E-state index in [0.717, 1.165) is 5.69 Å². The van der Waals surface area contributed by atoms with E-state index in [1.165, 1.54) is 0 Å². The second-order valence-corrected chi connectivity index (χ2v) is 5.52. The average Bonchev–Trinajstić information content (AvgIpc) is 3.34. The van der Waals surface area contributed by atoms with Crippen molar-refractivity contribution in [2.24, 2.45) is 0 Å². The molecule has 0 unspecified atom stereocenters. The summed E-state index contributed by atoms with van der Waals surface area (Å²) in [5, 5.41) is 10.6. The minimum atomic E-state index is -0.536. The Labute approximate surface area is 157 Å². The maximum absolute atomic E-state index is 12.2. The van der Waals surface area contributed by atoms with Crippen LogP contribution in [0.3, 0.4) is 0 Å². The van der Waals surface area contributed by atoms with Gasteiger partial charge in [0.05, 0.1) is 19.8 Å². The van der Waals surface area contributed by atoms with Gasteiger partial charge in [-0.15, -0.1) is 5.10 Å². The highest BCUT2D eigenvalue weighted by Crippen LogP contribution is 2.38. The van der Waals surface area contributed by atoms with Crippen molar-refractivity contribution >= 4 is 5.97 Å². The van der Waals surface area contributed by atoms with Crippen molar-refractivity contribution in [3.8, 4) is 28.4 Å². The molecule has 0 aliphatic carbocycles. The van der Waals surface area contributed by atoms with Crippen LogP contribution in [0.5, 0.6) is 11.5 Å². The maximum Gasteiger partial charge on any atom is 0.361 e. The van der Waals surface area contributed by atoms with Crippen LogP contribution in [-0.4, -0.2) is 45.8 Å². The quantitative estimate of drug-likeness (QED) is 0.612. The van der Waals surface area contributed by atoms with Crippen molar-refractivity contribution in [1.29, 1.82) is 0 Å². The summed E-state index contributed by atoms with van der Waals surface area (Å²) in [5.41, 5.74) is 1.94. The number of benzene rings is 1. The van der Waals surface area contributed by atoms with Crippen LogP contribution < -0.4 is 9.47 Å². The molecule has 0 amide bonds. The van der Waals surface area contributed by atoms with E-state index >= 15 is 0 Å². The van der Waals surface area contributed by atoms with E-state index in [4.69, 9.17) is 14.2 Å². The third kappa shape index (κ3) is 3.79. The van der Waals surface area contributed by atoms with Crippen molar-refractivity contribution in [1.82, 2.24) is 20.0 Å². The zero-order chi connectivity index (χ0) is 19.2. The summed E-state index contributed by atoms with van der Waals surface area (Å²) in [6, 6.07) is 7.50. The van der Waals surface area contributed by atoms with Crippen LogP contribution in [-0.2, 0) is 4.74 Å². The van der Waals surface area contributed by atoms with E-state index in [2.05, 4.69) is 15.4 Å². The number of carbonyl (C=O) groups is 1. The predicted octanol–water partition coefficient (Wildman–Crippen LogP) is 3.24. The molecule has 0 saturated heterocycles. The molecule has 0 saturated carbocycles. The van der Waals surface area contributed by atoms with E-state index in [0.29, 0.717) is 36.0 Å². The molecule has 8 nitrogen and oxygen atoms in total. The summed E-state index contributed by atoms with van der Waals surface area (Å²) >= 11 is 0. The molecule has 8 heteroatoms. The molecule has 0 spiro atoms. The van der Waals surface area contributed by atoms with Gasteiger partial charge in [0.1, 0.15) is 22.9 Å². The summed E-state index contributed by atoms with van der Waals surface area (Å²) in [6.07, 6.45) is 3.83. The normalized spacial score (nSPS) is 10.6. The number of nitrogens with zero attached hydrogens (tertiary/aromatic N) is 3. The first kappa shape index (κ1) is 18.5. The number of rotatable bonds is 8. The van der Waals surface area contributed by atoms with Gasteiger partial charge >= 0.3 is 5.97 Å². The molecular weight excluding hydrogens is 348 g/mol. The molecule has 0 aliphatic rings. The average molecular weight is 370 g/mol. The standard InChI is InChI=1S/C19H22N4O4/c1-4-25-14-11-13(16-17(21-22-20-16)19(24)27-6-3)12-15(26-5-2)18(14)23-9-7-8-10-23/h7-12H,4-6H2,1-3H3,(H,20,21,22). The third-order valence-corrected chi connectivity index (χ3v) is 3.79. The lowest BCUT2D eigenvalue weighted by Crippen LogP contribution is -2.08. The van der Waals surface area contributed by atoms with E-state index in [9.17, 15) is 4.79 Å². The molecule has 3 rings (SSSR count). The van der Waals surface area contributed by atoms with Crippen LogP contribution in [0.2, 0.25) is 0 Å². The Bertz CT molecular complexity index is 875. The van der Waals surface area contributed by atoms with Crippen LogP contribution >= 0.6 is 0 Å². The topological polar surface area (TPSA) is 91.3 Å². The summed E-state index contributed by atoms with van der Waals surface area (Å²) < 4.78 is 18.7. The highest BCUT2D eigenvalue weighted by atomic mass is 16.5. The molecule has 0 atom stereocenters. The van der Waals surface area contributed by atoms with Crippen LogP contribution in [0, 0.1) is 0 Å². The number of aromatic nitrogens is 4. The Hall–Kier alpha value is -3.29. The van der Waals surface area contributed by atoms with Gasteiger partial charge in [0.25, 0.3) is 0 Å². The maximum atomic E-state index is 12.2. The summed E-state index contributed by atoms with van der Waals surface area (Å²) in [4.78, 5) is 12.2. The zero-order valence-corrected chi connectivity index (χ0v) is 15.6. The molecule has 27 heavy (non-hydrogen) atoms. The lowest BCUT2D eigenvalue weighted by Gasteiger charge is -2.17. The van der Waals surface area contributed by atoms with E-state index in [1.807, 2.05) is 55.1 Å². The molecule has 1 aromatic carbocycles. The molecule has 142 valence electrons. The highest BCUT2D eigenvalue weighted by molar-refractivity contribution is 5.94. The van der Waals surface area contributed by atoms with Gasteiger partial charge in [0.15, 0.2) is 5.69 Å². The molecular formula is C19H22N4O4. The predicted molar refractivity (Wildman–Crippen MR) is 99.4 cm³/mol. The fourth-order valence-electron chi connectivity index (χ4n) is 2.76. The molecule has 1 N–H and O–H groups in total. The van der Waals surface area contributed by atoms with Crippen LogP contribution in [0.1, 0.15) is 31.3 Å². The van der Waals surface area contributed by atoms with Gasteiger partial charge in [-0.3, -0.25) is 0 Å². The summed E-state index contributed by atoms with van der Waals surface area (Å²) in [6.45, 7) is 6.77. The molecule has 0 fully saturated rings. The SMILES string of the molecule is CCOC(=O)c1n[nH]nc1-c1cc(OCC)c(-n2cccc2)c(OCC)c1. The number of hydrogen-bond acceptors (Lipinski definition) is 6. The van der Waals surface area contributed by atoms with E-state index < -0.39 is 5.97 Å². The van der Waals surface area contributed by atoms with Gasteiger partial charge in [-0.1, -0.05) is 0 Å². The van der Waals surface area contributed by atoms with Crippen molar-refractivity contribution in [3.05, 3.63) is 42.4 Å². The lowest BCUT2D eigenvalue weighted by molar-refractivity contribution is 0.0520. The monoisotopic (exact) mass is 370 g/mol. The fraction of sp³-hybridized carbons (Fsp3) is 0.316. The van der Waals surface area contributed by atoms with Crippen molar-refractivity contribution in [3.63, 3.8) is 0 Å². The molecule has 3 aromatic rings. The smallest absolute Gasteiger partial charge is 0.361 e. The Morgan fingerprint density at radius 3 is 2.19 bits per heavy atom. The largest absolute Gasteiger partial charge is 0.492 e. The van der Waals surface area contributed by atoms with Gasteiger partial charge < -0.3 is 18.8 Å². The van der Waals surface area contributed by atoms with Gasteiger partial charge in [0.2, 0.25) is 0 Å². The van der Waals surface area contributed by atoms with Crippen LogP contribution in [0.15, 0.2) is 36.7 Å². The number of ether oxygens (including phenoxy) is 3. The van der Waals surface area contributed by atoms with Gasteiger partial charge in [0, 0.05) is 18.0 Å². The van der Waals surface area contributed by atoms with Crippen molar-refractivity contribution in [2.75, 3.05) is 19.8 Å². The first-order valence-corrected chi connectivity index (χ1v) is 8.84. The van der Waals surface area contributed by atoms with E-state index in [-0.39, 0.29) is 12.3 Å². The number of H-pyrrole nitrogens is 1. The summed E-state index contributed by atoms with van der Waals surface area (Å²) in [7, 11) is 0. The Balaban J connectivity index is 2.16. The molecule has 0 bridgehead atoms. The first-order chi connectivity index (χ1) is 13.2. The molecule has 2 heterocycles. The fourth-order valence-corrected chi connectivity index (χ4v) is 2.76. The number of hydrogen-bond donors (Lipinski definition) is 1. The highest BCUT2D eigenvalue weighted by Gasteiger charge is 2.23. The number of carbonyl (C=O) groups excluding carboxylic acids is 1. The minimum absolute atomic E-state index is 0.121. The number of aromatic amines is 1. The van der Waals surface area contributed by atoms with Gasteiger partial charge in [-0.25, -0.2) is 4.79 Å². The minimum Gasteiger partial charge on any atom is -0.492 e. The number of esters is 1. The Kier molecular flexibility index (Phi) is 5.75. The van der Waals surface area contributed by atoms with E-state index in [1.54, 1.807) is 6.92 Å². The summed E-state index contributed by atoms with van der Waals surface area (Å²) in [5.74, 6) is 0.701. The third-order valence-electron chi connectivity index (χ3n) is 3.79. The van der Waals surface area contributed by atoms with Crippen molar-refractivity contribution in [2.45, 2.75) is 20.8 Å². The van der Waals surface area contributed by atoms with Gasteiger partial charge in [-0.05, 0) is 45.0 Å².